The van der Waals surface area contributed by atoms with Crippen LogP contribution in [0.3, 0.4) is 0 Å². The molecule has 3 nitrogen and oxygen atoms in total. The lowest BCUT2D eigenvalue weighted by molar-refractivity contribution is 0.149. The Kier molecular flexibility index (Phi) is 3.20. The van der Waals surface area contributed by atoms with Crippen LogP contribution in [0.1, 0.15) is 23.2 Å². The van der Waals surface area contributed by atoms with Gasteiger partial charge in [0.25, 0.3) is 6.43 Å². The molecule has 1 rings (SSSR count). The molecule has 1 N–H and O–H groups in total. The van der Waals surface area contributed by atoms with Crippen LogP contribution in [-0.2, 0) is 5.88 Å². The monoisotopic (exact) mass is 218 g/mol. The number of aromatic nitrogens is 1. The summed E-state index contributed by atoms with van der Waals surface area (Å²) in [6.45, 7) is 0. The quantitative estimate of drug-likeness (QED) is 0.775. The van der Waals surface area contributed by atoms with Gasteiger partial charge in [-0.15, -0.1) is 11.6 Å². The molecule has 74 valence electrons. The van der Waals surface area contributed by atoms with E-state index in [0.29, 0.717) is 0 Å². The number of pyridine rings is 1. The van der Waals surface area contributed by atoms with Gasteiger partial charge in [-0.2, -0.15) is 5.26 Å². The predicted molar refractivity (Wildman–Crippen MR) is 45.1 cm³/mol. The summed E-state index contributed by atoms with van der Waals surface area (Å²) in [5.74, 6) is -0.711. The summed E-state index contributed by atoms with van der Waals surface area (Å²) in [6.07, 6.45) is -1.94. The maximum absolute atomic E-state index is 12.5. The highest BCUT2D eigenvalue weighted by Crippen LogP contribution is 2.31. The minimum atomic E-state index is -2.88. The van der Waals surface area contributed by atoms with Crippen LogP contribution in [0.15, 0.2) is 6.20 Å². The third-order valence-electron chi connectivity index (χ3n) is 1.66. The lowest BCUT2D eigenvalue weighted by Gasteiger charge is -2.08. The number of rotatable bonds is 2. The number of hydrogen-bond donors (Lipinski definition) is 1. The van der Waals surface area contributed by atoms with Gasteiger partial charge in [0.15, 0.2) is 0 Å². The lowest BCUT2D eigenvalue weighted by atomic mass is 10.1. The molecule has 1 aromatic heterocycles. The van der Waals surface area contributed by atoms with Crippen molar-refractivity contribution < 1.29 is 13.9 Å². The summed E-state index contributed by atoms with van der Waals surface area (Å²) in [5, 5.41) is 17.7. The van der Waals surface area contributed by atoms with Crippen molar-refractivity contribution in [3.05, 3.63) is 23.0 Å². The predicted octanol–water partition coefficient (Wildman–Crippen LogP) is 2.34. The zero-order valence-corrected chi connectivity index (χ0v) is 7.59. The first-order valence-electron chi connectivity index (χ1n) is 3.56. The van der Waals surface area contributed by atoms with E-state index in [1.165, 1.54) is 6.07 Å². The van der Waals surface area contributed by atoms with Gasteiger partial charge >= 0.3 is 0 Å². The van der Waals surface area contributed by atoms with E-state index in [0.717, 1.165) is 6.20 Å². The Labute approximate surface area is 83.6 Å². The van der Waals surface area contributed by atoms with Crippen LogP contribution < -0.4 is 0 Å². The van der Waals surface area contributed by atoms with Gasteiger partial charge in [0.2, 0.25) is 0 Å². The van der Waals surface area contributed by atoms with Crippen molar-refractivity contribution in [1.29, 1.82) is 5.26 Å². The summed E-state index contributed by atoms with van der Waals surface area (Å²) < 4.78 is 25.0. The first-order chi connectivity index (χ1) is 6.61. The summed E-state index contributed by atoms with van der Waals surface area (Å²) in [4.78, 5) is 3.38. The van der Waals surface area contributed by atoms with Gasteiger partial charge in [0.1, 0.15) is 17.5 Å². The fraction of sp³-hybridized carbons (Fsp3) is 0.250. The van der Waals surface area contributed by atoms with Gasteiger partial charge in [-0.05, 0) is 0 Å². The van der Waals surface area contributed by atoms with Crippen LogP contribution in [0.2, 0.25) is 0 Å². The highest BCUT2D eigenvalue weighted by Gasteiger charge is 2.21. The highest BCUT2D eigenvalue weighted by atomic mass is 35.5. The second kappa shape index (κ2) is 4.20. The molecule has 0 saturated heterocycles. The van der Waals surface area contributed by atoms with E-state index in [1.54, 1.807) is 0 Å². The minimum Gasteiger partial charge on any atom is -0.506 e. The van der Waals surface area contributed by atoms with Crippen LogP contribution in [0, 0.1) is 11.3 Å². The van der Waals surface area contributed by atoms with Crippen molar-refractivity contribution >= 4 is 11.6 Å². The number of hydrogen-bond acceptors (Lipinski definition) is 3. The fourth-order valence-corrected chi connectivity index (χ4v) is 1.30. The van der Waals surface area contributed by atoms with E-state index in [2.05, 4.69) is 4.98 Å². The standard InChI is InChI=1S/C8H5ClF2N2O/c9-1-4-6(14)3-13-5(2-12)7(4)8(10)11/h3,8,14H,1H2. The largest absolute Gasteiger partial charge is 0.506 e. The van der Waals surface area contributed by atoms with E-state index in [9.17, 15) is 13.9 Å². The van der Waals surface area contributed by atoms with Crippen LogP contribution >= 0.6 is 11.6 Å². The molecule has 0 aliphatic heterocycles. The SMILES string of the molecule is N#Cc1ncc(O)c(CCl)c1C(F)F. The topological polar surface area (TPSA) is 56.9 Å². The zero-order valence-electron chi connectivity index (χ0n) is 6.84. The average molecular weight is 219 g/mol. The van der Waals surface area contributed by atoms with Crippen molar-refractivity contribution in [3.8, 4) is 11.8 Å². The van der Waals surface area contributed by atoms with Gasteiger partial charge < -0.3 is 5.11 Å². The van der Waals surface area contributed by atoms with Crippen molar-refractivity contribution in [2.75, 3.05) is 0 Å². The molecule has 6 heteroatoms. The molecule has 1 heterocycles. The fourth-order valence-electron chi connectivity index (χ4n) is 1.02. The Hall–Kier alpha value is -1.41. The van der Waals surface area contributed by atoms with E-state index in [4.69, 9.17) is 16.9 Å². The first-order valence-corrected chi connectivity index (χ1v) is 4.10. The Morgan fingerprint density at radius 1 is 1.64 bits per heavy atom. The Bertz CT molecular complexity index is 390. The molecule has 0 aromatic carbocycles. The van der Waals surface area contributed by atoms with E-state index in [1.807, 2.05) is 0 Å². The molecule has 0 aliphatic carbocycles. The van der Waals surface area contributed by atoms with Crippen molar-refractivity contribution in [3.63, 3.8) is 0 Å². The minimum absolute atomic E-state index is 0.145. The van der Waals surface area contributed by atoms with Gasteiger partial charge in [-0.25, -0.2) is 13.8 Å². The molecule has 0 unspecified atom stereocenters. The molecule has 0 bridgehead atoms. The molecule has 1 aromatic rings. The van der Waals surface area contributed by atoms with Crippen molar-refractivity contribution in [1.82, 2.24) is 4.98 Å². The first kappa shape index (κ1) is 10.7. The Morgan fingerprint density at radius 3 is 2.71 bits per heavy atom. The Morgan fingerprint density at radius 2 is 2.29 bits per heavy atom. The molecule has 0 fully saturated rings. The summed E-state index contributed by atoms with van der Waals surface area (Å²) >= 11 is 5.38. The molecular formula is C8H5ClF2N2O. The Balaban J connectivity index is 3.46. The maximum atomic E-state index is 12.5. The lowest BCUT2D eigenvalue weighted by Crippen LogP contribution is -2.00. The third-order valence-corrected chi connectivity index (χ3v) is 1.93. The number of aromatic hydroxyl groups is 1. The number of alkyl halides is 3. The molecule has 0 aliphatic rings. The normalized spacial score (nSPS) is 10.2. The van der Waals surface area contributed by atoms with Crippen LogP contribution in [-0.4, -0.2) is 10.1 Å². The maximum Gasteiger partial charge on any atom is 0.267 e. The second-order valence-electron chi connectivity index (χ2n) is 2.43. The van der Waals surface area contributed by atoms with E-state index in [-0.39, 0.29) is 11.4 Å². The molecule has 14 heavy (non-hydrogen) atoms. The molecular weight excluding hydrogens is 214 g/mol. The summed E-state index contributed by atoms with van der Waals surface area (Å²) in [6, 6.07) is 1.52. The molecule has 0 spiro atoms. The highest BCUT2D eigenvalue weighted by molar-refractivity contribution is 6.17. The average Bonchev–Trinajstić information content (AvgIpc) is 2.17. The smallest absolute Gasteiger partial charge is 0.267 e. The number of nitriles is 1. The molecule has 0 radical (unpaired) electrons. The second-order valence-corrected chi connectivity index (χ2v) is 2.70. The summed E-state index contributed by atoms with van der Waals surface area (Å²) in [7, 11) is 0. The molecule has 0 saturated carbocycles. The zero-order chi connectivity index (χ0) is 10.7. The van der Waals surface area contributed by atoms with Gasteiger partial charge in [-0.1, -0.05) is 0 Å². The van der Waals surface area contributed by atoms with E-state index >= 15 is 0 Å². The van der Waals surface area contributed by atoms with Gasteiger partial charge in [0, 0.05) is 5.56 Å². The van der Waals surface area contributed by atoms with Crippen LogP contribution in [0.25, 0.3) is 0 Å². The van der Waals surface area contributed by atoms with Crippen molar-refractivity contribution in [2.24, 2.45) is 0 Å². The summed E-state index contributed by atoms with van der Waals surface area (Å²) in [5.41, 5.74) is -1.15. The van der Waals surface area contributed by atoms with E-state index < -0.39 is 23.4 Å². The molecule has 0 amide bonds. The third kappa shape index (κ3) is 1.75. The molecule has 0 atom stereocenters. The van der Waals surface area contributed by atoms with Crippen LogP contribution in [0.5, 0.6) is 5.75 Å². The number of halogens is 3. The van der Waals surface area contributed by atoms with Crippen molar-refractivity contribution in [2.45, 2.75) is 12.3 Å². The number of nitrogens with zero attached hydrogens (tertiary/aromatic N) is 2. The van der Waals surface area contributed by atoms with Gasteiger partial charge in [0.05, 0.1) is 17.6 Å². The van der Waals surface area contributed by atoms with Gasteiger partial charge in [-0.3, -0.25) is 0 Å². The van der Waals surface area contributed by atoms with Crippen LogP contribution in [0.4, 0.5) is 8.78 Å².